The highest BCUT2D eigenvalue weighted by Crippen LogP contribution is 2.35. The molecule has 0 bridgehead atoms. The van der Waals surface area contributed by atoms with Crippen molar-refractivity contribution < 1.29 is 27.5 Å². The average Bonchev–Trinajstić information content (AvgIpc) is 3.04. The van der Waals surface area contributed by atoms with E-state index >= 15 is 0 Å². The fourth-order valence-corrected chi connectivity index (χ4v) is 4.87. The van der Waals surface area contributed by atoms with Crippen molar-refractivity contribution in [1.29, 1.82) is 0 Å². The molecule has 31 heavy (non-hydrogen) atoms. The number of carbonyl (C=O) groups is 2. The third kappa shape index (κ3) is 4.99. The largest absolute Gasteiger partial charge is 0.492 e. The highest BCUT2D eigenvalue weighted by molar-refractivity contribution is 7.92. The van der Waals surface area contributed by atoms with Crippen LogP contribution in [0.2, 0.25) is 0 Å². The maximum atomic E-state index is 12.6. The van der Waals surface area contributed by atoms with Gasteiger partial charge in [0.05, 0.1) is 29.8 Å². The van der Waals surface area contributed by atoms with E-state index < -0.39 is 28.0 Å². The van der Waals surface area contributed by atoms with E-state index in [2.05, 4.69) is 5.32 Å². The van der Waals surface area contributed by atoms with Gasteiger partial charge in [0, 0.05) is 6.04 Å². The highest BCUT2D eigenvalue weighted by atomic mass is 32.2. The normalized spacial score (nSPS) is 16.4. The lowest BCUT2D eigenvalue weighted by molar-refractivity contribution is -0.123. The van der Waals surface area contributed by atoms with E-state index in [0.29, 0.717) is 30.2 Å². The van der Waals surface area contributed by atoms with Crippen molar-refractivity contribution in [2.75, 3.05) is 22.5 Å². The molecule has 3 rings (SSSR count). The molecule has 1 aliphatic rings. The minimum absolute atomic E-state index is 0.230. The van der Waals surface area contributed by atoms with Crippen LogP contribution in [0.25, 0.3) is 0 Å². The van der Waals surface area contributed by atoms with E-state index in [9.17, 15) is 18.0 Å². The number of carbonyl (C=O) groups excluding carboxylic acids is 2. The summed E-state index contributed by atoms with van der Waals surface area (Å²) in [6.07, 6.45) is 0.611. The van der Waals surface area contributed by atoms with Gasteiger partial charge in [-0.1, -0.05) is 12.1 Å². The molecule has 1 amide bonds. The SMILES string of the molecule is CCOc1ccccc1NC(=O)C(C)OC(=O)c1ccc2c(c1)CC(C)N2S(C)(=O)=O. The van der Waals surface area contributed by atoms with Crippen molar-refractivity contribution in [1.82, 2.24) is 0 Å². The summed E-state index contributed by atoms with van der Waals surface area (Å²) in [5.74, 6) is -0.618. The summed E-state index contributed by atoms with van der Waals surface area (Å²) in [5.41, 5.74) is 2.06. The Bertz CT molecular complexity index is 1100. The number of ether oxygens (including phenoxy) is 2. The van der Waals surface area contributed by atoms with E-state index in [-0.39, 0.29) is 11.6 Å². The number of benzene rings is 2. The predicted molar refractivity (Wildman–Crippen MR) is 118 cm³/mol. The van der Waals surface area contributed by atoms with Gasteiger partial charge in [-0.15, -0.1) is 0 Å². The lowest BCUT2D eigenvalue weighted by Gasteiger charge is -2.22. The molecule has 8 nitrogen and oxygen atoms in total. The molecule has 2 aromatic rings. The average molecular weight is 447 g/mol. The number of hydrogen-bond donors (Lipinski definition) is 1. The Morgan fingerprint density at radius 3 is 2.61 bits per heavy atom. The van der Waals surface area contributed by atoms with Gasteiger partial charge in [0.2, 0.25) is 10.0 Å². The van der Waals surface area contributed by atoms with Crippen LogP contribution in [0, 0.1) is 0 Å². The molecule has 0 aliphatic carbocycles. The Morgan fingerprint density at radius 1 is 1.23 bits per heavy atom. The Kier molecular flexibility index (Phi) is 6.54. The van der Waals surface area contributed by atoms with E-state index in [1.165, 1.54) is 17.3 Å². The standard InChI is InChI=1S/C22H26N2O6S/c1-5-29-20-9-7-6-8-18(20)23-21(25)15(3)30-22(26)16-10-11-19-17(13-16)12-14(2)24(19)31(4,27)28/h6-11,13-15H,5,12H2,1-4H3,(H,23,25). The summed E-state index contributed by atoms with van der Waals surface area (Å²) in [6.45, 7) is 5.59. The van der Waals surface area contributed by atoms with Gasteiger partial charge < -0.3 is 14.8 Å². The van der Waals surface area contributed by atoms with Gasteiger partial charge in [-0.05, 0) is 63.1 Å². The first-order valence-corrected chi connectivity index (χ1v) is 11.8. The van der Waals surface area contributed by atoms with Crippen molar-refractivity contribution in [3.8, 4) is 5.75 Å². The van der Waals surface area contributed by atoms with E-state index in [1.54, 1.807) is 36.4 Å². The molecule has 9 heteroatoms. The van der Waals surface area contributed by atoms with Crippen LogP contribution in [0.15, 0.2) is 42.5 Å². The minimum atomic E-state index is -3.41. The number of rotatable bonds is 7. The van der Waals surface area contributed by atoms with Gasteiger partial charge in [0.15, 0.2) is 6.10 Å². The molecular weight excluding hydrogens is 420 g/mol. The van der Waals surface area contributed by atoms with Crippen molar-refractivity contribution >= 4 is 33.3 Å². The smallest absolute Gasteiger partial charge is 0.338 e. The predicted octanol–water partition coefficient (Wildman–Crippen LogP) is 2.98. The first-order valence-electron chi connectivity index (χ1n) is 9.97. The molecule has 0 aromatic heterocycles. The van der Waals surface area contributed by atoms with Crippen LogP contribution in [0.4, 0.5) is 11.4 Å². The number of esters is 1. The second-order valence-corrected chi connectivity index (χ2v) is 9.28. The molecule has 2 aromatic carbocycles. The zero-order valence-electron chi connectivity index (χ0n) is 17.9. The molecule has 0 fully saturated rings. The minimum Gasteiger partial charge on any atom is -0.492 e. The van der Waals surface area contributed by atoms with E-state index in [4.69, 9.17) is 9.47 Å². The molecule has 0 spiro atoms. The molecule has 2 unspecified atom stereocenters. The molecule has 1 aliphatic heterocycles. The van der Waals surface area contributed by atoms with Gasteiger partial charge in [0.25, 0.3) is 5.91 Å². The number of para-hydroxylation sites is 2. The zero-order chi connectivity index (χ0) is 22.8. The van der Waals surface area contributed by atoms with Gasteiger partial charge in [-0.3, -0.25) is 9.10 Å². The summed E-state index contributed by atoms with van der Waals surface area (Å²) < 4.78 is 36.2. The van der Waals surface area contributed by atoms with Crippen molar-refractivity contribution in [3.05, 3.63) is 53.6 Å². The second-order valence-electron chi connectivity index (χ2n) is 7.42. The zero-order valence-corrected chi connectivity index (χ0v) is 18.7. The Labute approximate surface area is 182 Å². The molecule has 166 valence electrons. The topological polar surface area (TPSA) is 102 Å². The van der Waals surface area contributed by atoms with Crippen LogP contribution in [-0.4, -0.2) is 45.3 Å². The monoisotopic (exact) mass is 446 g/mol. The van der Waals surface area contributed by atoms with Gasteiger partial charge in [0.1, 0.15) is 5.75 Å². The number of amides is 1. The van der Waals surface area contributed by atoms with E-state index in [0.717, 1.165) is 11.8 Å². The van der Waals surface area contributed by atoms with Gasteiger partial charge in [-0.25, -0.2) is 13.2 Å². The fraction of sp³-hybridized carbons (Fsp3) is 0.364. The maximum Gasteiger partial charge on any atom is 0.338 e. The van der Waals surface area contributed by atoms with Crippen LogP contribution in [0.3, 0.4) is 0 Å². The van der Waals surface area contributed by atoms with Crippen LogP contribution < -0.4 is 14.4 Å². The molecule has 0 saturated carbocycles. The van der Waals surface area contributed by atoms with E-state index in [1.807, 2.05) is 13.8 Å². The van der Waals surface area contributed by atoms with Crippen LogP contribution in [0.1, 0.15) is 36.7 Å². The number of hydrogen-bond acceptors (Lipinski definition) is 6. The van der Waals surface area contributed by atoms with Crippen LogP contribution in [0.5, 0.6) is 5.75 Å². The maximum absolute atomic E-state index is 12.6. The lowest BCUT2D eigenvalue weighted by atomic mass is 10.1. The first-order chi connectivity index (χ1) is 14.6. The summed E-state index contributed by atoms with van der Waals surface area (Å²) in [5, 5.41) is 2.71. The number of nitrogens with one attached hydrogen (secondary N) is 1. The summed E-state index contributed by atoms with van der Waals surface area (Å²) in [4.78, 5) is 25.1. The molecule has 2 atom stereocenters. The van der Waals surface area contributed by atoms with Crippen LogP contribution >= 0.6 is 0 Å². The summed E-state index contributed by atoms with van der Waals surface area (Å²) in [6, 6.07) is 11.5. The number of sulfonamides is 1. The number of nitrogens with zero attached hydrogens (tertiary/aromatic N) is 1. The lowest BCUT2D eigenvalue weighted by Crippen LogP contribution is -2.34. The molecule has 1 heterocycles. The quantitative estimate of drug-likeness (QED) is 0.656. The van der Waals surface area contributed by atoms with Crippen LogP contribution in [-0.2, 0) is 26.0 Å². The van der Waals surface area contributed by atoms with Gasteiger partial charge >= 0.3 is 5.97 Å². The Hall–Kier alpha value is -3.07. The molecule has 0 saturated heterocycles. The summed E-state index contributed by atoms with van der Waals surface area (Å²) in [7, 11) is -3.41. The third-order valence-corrected chi connectivity index (χ3v) is 6.19. The first kappa shape index (κ1) is 22.6. The van der Waals surface area contributed by atoms with Gasteiger partial charge in [-0.2, -0.15) is 0 Å². The van der Waals surface area contributed by atoms with Crippen molar-refractivity contribution in [2.45, 2.75) is 39.3 Å². The highest BCUT2D eigenvalue weighted by Gasteiger charge is 2.33. The Morgan fingerprint density at radius 2 is 1.94 bits per heavy atom. The number of fused-ring (bicyclic) bond motifs is 1. The molecule has 0 radical (unpaired) electrons. The number of anilines is 2. The summed E-state index contributed by atoms with van der Waals surface area (Å²) >= 11 is 0. The molecular formula is C22H26N2O6S. The van der Waals surface area contributed by atoms with Crippen molar-refractivity contribution in [3.63, 3.8) is 0 Å². The fourth-order valence-electron chi connectivity index (χ4n) is 3.60. The molecule has 1 N–H and O–H groups in total. The third-order valence-electron chi connectivity index (χ3n) is 4.92. The second kappa shape index (κ2) is 8.97. The van der Waals surface area contributed by atoms with Crippen molar-refractivity contribution in [2.24, 2.45) is 0 Å². The Balaban J connectivity index is 1.70.